The maximum atomic E-state index is 12.6. The normalized spacial score (nSPS) is 13.7. The van der Waals surface area contributed by atoms with Gasteiger partial charge in [-0.1, -0.05) is 26.8 Å². The summed E-state index contributed by atoms with van der Waals surface area (Å²) in [6.45, 7) is 11.2. The molecular weight excluding hydrogens is 284 g/mol. The van der Waals surface area contributed by atoms with E-state index in [2.05, 4.69) is 30.8 Å². The molecule has 1 aromatic carbocycles. The number of hydrogen-bond acceptors (Lipinski definition) is 3. The van der Waals surface area contributed by atoms with Crippen LogP contribution in [0.3, 0.4) is 0 Å². The molecule has 0 aromatic heterocycles. The van der Waals surface area contributed by atoms with Crippen LogP contribution in [0.2, 0.25) is 0 Å². The standard InChI is InChI=1S/C16H28N2O2S/c1-11(2)13(4)9-18-21(19,20)16-8-15(10-17-6)7-12(3)14(16)5/h7-8,11,13,17-18H,9-10H2,1-6H3. The maximum absolute atomic E-state index is 12.6. The molecular formula is C16H28N2O2S. The zero-order chi connectivity index (χ0) is 16.2. The van der Waals surface area contributed by atoms with Crippen molar-refractivity contribution in [2.24, 2.45) is 11.8 Å². The molecule has 1 atom stereocenters. The molecule has 0 aliphatic rings. The molecule has 0 fully saturated rings. The molecule has 1 unspecified atom stereocenters. The lowest BCUT2D eigenvalue weighted by Gasteiger charge is -2.18. The van der Waals surface area contributed by atoms with Crippen molar-refractivity contribution in [2.45, 2.75) is 46.1 Å². The number of rotatable bonds is 7. The van der Waals surface area contributed by atoms with E-state index in [1.807, 2.05) is 27.0 Å². The van der Waals surface area contributed by atoms with Crippen LogP contribution < -0.4 is 10.0 Å². The summed E-state index contributed by atoms with van der Waals surface area (Å²) in [4.78, 5) is 0.392. The maximum Gasteiger partial charge on any atom is 0.240 e. The van der Waals surface area contributed by atoms with Crippen molar-refractivity contribution < 1.29 is 8.42 Å². The second-order valence-electron chi connectivity index (χ2n) is 6.14. The van der Waals surface area contributed by atoms with Crippen molar-refractivity contribution in [2.75, 3.05) is 13.6 Å². The van der Waals surface area contributed by atoms with Gasteiger partial charge < -0.3 is 5.32 Å². The highest BCUT2D eigenvalue weighted by Gasteiger charge is 2.20. The fourth-order valence-electron chi connectivity index (χ4n) is 2.04. The molecule has 0 spiro atoms. The average Bonchev–Trinajstić information content (AvgIpc) is 2.40. The number of aryl methyl sites for hydroxylation is 1. The fraction of sp³-hybridized carbons (Fsp3) is 0.625. The van der Waals surface area contributed by atoms with E-state index in [-0.39, 0.29) is 0 Å². The third-order valence-corrected chi connectivity index (χ3v) is 5.63. The molecule has 1 aromatic rings. The predicted octanol–water partition coefficient (Wildman–Crippen LogP) is 2.59. The Kier molecular flexibility index (Phi) is 6.38. The van der Waals surface area contributed by atoms with Crippen molar-refractivity contribution in [1.29, 1.82) is 0 Å². The van der Waals surface area contributed by atoms with E-state index in [0.717, 1.165) is 16.7 Å². The fourth-order valence-corrected chi connectivity index (χ4v) is 3.55. The smallest absolute Gasteiger partial charge is 0.240 e. The lowest BCUT2D eigenvalue weighted by Crippen LogP contribution is -2.31. The highest BCUT2D eigenvalue weighted by atomic mass is 32.2. The molecule has 0 amide bonds. The van der Waals surface area contributed by atoms with Crippen LogP contribution >= 0.6 is 0 Å². The summed E-state index contributed by atoms with van der Waals surface area (Å²) in [7, 11) is -1.61. The van der Waals surface area contributed by atoms with Crippen molar-refractivity contribution >= 4 is 10.0 Å². The van der Waals surface area contributed by atoms with Crippen molar-refractivity contribution in [3.05, 3.63) is 28.8 Å². The first-order valence-corrected chi connectivity index (χ1v) is 8.91. The minimum absolute atomic E-state index is 0.307. The second kappa shape index (κ2) is 7.38. The zero-order valence-electron chi connectivity index (χ0n) is 13.9. The Morgan fingerprint density at radius 3 is 2.29 bits per heavy atom. The molecule has 1 rings (SSSR count). The predicted molar refractivity (Wildman–Crippen MR) is 87.9 cm³/mol. The molecule has 21 heavy (non-hydrogen) atoms. The van der Waals surface area contributed by atoms with Crippen LogP contribution in [0.5, 0.6) is 0 Å². The molecule has 0 bridgehead atoms. The van der Waals surface area contributed by atoms with Gasteiger partial charge >= 0.3 is 0 Å². The van der Waals surface area contributed by atoms with Gasteiger partial charge in [0.2, 0.25) is 10.0 Å². The second-order valence-corrected chi connectivity index (χ2v) is 7.87. The van der Waals surface area contributed by atoms with Crippen LogP contribution in [0.1, 0.15) is 37.5 Å². The van der Waals surface area contributed by atoms with Gasteiger partial charge in [0, 0.05) is 13.1 Å². The summed E-state index contributed by atoms with van der Waals surface area (Å²) >= 11 is 0. The largest absolute Gasteiger partial charge is 0.316 e. The summed E-state index contributed by atoms with van der Waals surface area (Å²) in [5.41, 5.74) is 2.80. The molecule has 0 saturated heterocycles. The molecule has 5 heteroatoms. The van der Waals surface area contributed by atoms with E-state index >= 15 is 0 Å². The Bertz CT molecular complexity index is 580. The van der Waals surface area contributed by atoms with E-state index in [4.69, 9.17) is 0 Å². The highest BCUT2D eigenvalue weighted by molar-refractivity contribution is 7.89. The Morgan fingerprint density at radius 2 is 1.76 bits per heavy atom. The summed E-state index contributed by atoms with van der Waals surface area (Å²) in [6, 6.07) is 3.79. The van der Waals surface area contributed by atoms with Crippen molar-refractivity contribution in [1.82, 2.24) is 10.0 Å². The van der Waals surface area contributed by atoms with Gasteiger partial charge in [0.1, 0.15) is 0 Å². The highest BCUT2D eigenvalue weighted by Crippen LogP contribution is 2.21. The van der Waals surface area contributed by atoms with Gasteiger partial charge in [-0.15, -0.1) is 0 Å². The molecule has 0 aliphatic heterocycles. The first-order valence-electron chi connectivity index (χ1n) is 7.43. The quantitative estimate of drug-likeness (QED) is 0.813. The number of benzene rings is 1. The van der Waals surface area contributed by atoms with Crippen LogP contribution in [0.15, 0.2) is 17.0 Å². The van der Waals surface area contributed by atoms with E-state index < -0.39 is 10.0 Å². The van der Waals surface area contributed by atoms with Crippen molar-refractivity contribution in [3.63, 3.8) is 0 Å². The molecule has 0 saturated carbocycles. The summed E-state index contributed by atoms with van der Waals surface area (Å²) in [5.74, 6) is 0.757. The number of sulfonamides is 1. The van der Waals surface area contributed by atoms with Gasteiger partial charge in [-0.05, 0) is 55.5 Å². The lowest BCUT2D eigenvalue weighted by atomic mass is 9.99. The Labute approximate surface area is 129 Å². The zero-order valence-corrected chi connectivity index (χ0v) is 14.8. The van der Waals surface area contributed by atoms with Gasteiger partial charge in [-0.3, -0.25) is 0 Å². The molecule has 120 valence electrons. The first-order chi connectivity index (χ1) is 9.69. The molecule has 4 nitrogen and oxygen atoms in total. The summed E-state index contributed by atoms with van der Waals surface area (Å²) < 4.78 is 27.9. The molecule has 0 radical (unpaired) electrons. The van der Waals surface area contributed by atoms with Gasteiger partial charge in [0.15, 0.2) is 0 Å². The van der Waals surface area contributed by atoms with Crippen molar-refractivity contribution in [3.8, 4) is 0 Å². The van der Waals surface area contributed by atoms with Crippen LogP contribution in [0, 0.1) is 25.7 Å². The number of hydrogen-bond donors (Lipinski definition) is 2. The monoisotopic (exact) mass is 312 g/mol. The average molecular weight is 312 g/mol. The minimum Gasteiger partial charge on any atom is -0.316 e. The summed E-state index contributed by atoms with van der Waals surface area (Å²) in [5, 5.41) is 3.06. The third kappa shape index (κ3) is 4.80. The van der Waals surface area contributed by atoms with E-state index in [9.17, 15) is 8.42 Å². The third-order valence-electron chi connectivity index (χ3n) is 4.08. The van der Waals surface area contributed by atoms with Gasteiger partial charge in [-0.2, -0.15) is 0 Å². The van der Waals surface area contributed by atoms with E-state index in [1.54, 1.807) is 6.07 Å². The van der Waals surface area contributed by atoms with Crippen LogP contribution in [-0.2, 0) is 16.6 Å². The molecule has 2 N–H and O–H groups in total. The van der Waals surface area contributed by atoms with Gasteiger partial charge in [-0.25, -0.2) is 13.1 Å². The Hall–Kier alpha value is -0.910. The van der Waals surface area contributed by atoms with Gasteiger partial charge in [0.05, 0.1) is 4.90 Å². The Morgan fingerprint density at radius 1 is 1.14 bits per heavy atom. The minimum atomic E-state index is -3.46. The van der Waals surface area contributed by atoms with E-state index in [1.165, 1.54) is 0 Å². The Balaban J connectivity index is 3.07. The molecule has 0 aliphatic carbocycles. The SMILES string of the molecule is CNCc1cc(C)c(C)c(S(=O)(=O)NCC(C)C(C)C)c1. The van der Waals surface area contributed by atoms with Crippen LogP contribution in [0.4, 0.5) is 0 Å². The topological polar surface area (TPSA) is 58.2 Å². The van der Waals surface area contributed by atoms with E-state index in [0.29, 0.717) is 29.8 Å². The van der Waals surface area contributed by atoms with Gasteiger partial charge in [0.25, 0.3) is 0 Å². The first kappa shape index (κ1) is 18.1. The van der Waals surface area contributed by atoms with Crippen LogP contribution in [0.25, 0.3) is 0 Å². The lowest BCUT2D eigenvalue weighted by molar-refractivity contribution is 0.414. The van der Waals surface area contributed by atoms with Crippen LogP contribution in [-0.4, -0.2) is 22.0 Å². The molecule has 0 heterocycles. The number of nitrogens with one attached hydrogen (secondary N) is 2. The summed E-state index contributed by atoms with van der Waals surface area (Å²) in [6.07, 6.45) is 0.